The second-order valence-electron chi connectivity index (χ2n) is 4.92. The van der Waals surface area contributed by atoms with Gasteiger partial charge in [0.1, 0.15) is 0 Å². The molecule has 2 unspecified atom stereocenters. The maximum atomic E-state index is 6.20. The van der Waals surface area contributed by atoms with Crippen LogP contribution >= 0.6 is 11.8 Å². The Bertz CT molecular complexity index is 362. The molecule has 1 saturated heterocycles. The second kappa shape index (κ2) is 5.24. The zero-order chi connectivity index (χ0) is 11.5. The van der Waals surface area contributed by atoms with Crippen molar-refractivity contribution in [1.82, 2.24) is 0 Å². The molecule has 0 radical (unpaired) electrons. The van der Waals surface area contributed by atoms with Gasteiger partial charge in [-0.15, -0.1) is 0 Å². The average molecular weight is 235 g/mol. The highest BCUT2D eigenvalue weighted by atomic mass is 32.2. The van der Waals surface area contributed by atoms with Gasteiger partial charge in [-0.05, 0) is 55.2 Å². The van der Waals surface area contributed by atoms with E-state index in [-0.39, 0.29) is 0 Å². The number of nitrogens with two attached hydrogens (primary N) is 1. The number of thioether (sulfide) groups is 1. The van der Waals surface area contributed by atoms with Crippen LogP contribution in [0, 0.1) is 19.8 Å². The van der Waals surface area contributed by atoms with Crippen LogP contribution in [-0.2, 0) is 6.42 Å². The predicted octanol–water partition coefficient (Wildman–Crippen LogP) is 2.93. The molecule has 0 saturated carbocycles. The molecule has 1 aromatic rings. The Labute approximate surface area is 103 Å². The summed E-state index contributed by atoms with van der Waals surface area (Å²) in [5.74, 6) is 3.14. The number of aryl methyl sites for hydroxylation is 2. The maximum Gasteiger partial charge on any atom is 0.00860 e. The first-order valence-corrected chi connectivity index (χ1v) is 7.22. The van der Waals surface area contributed by atoms with Crippen molar-refractivity contribution >= 4 is 11.8 Å². The highest BCUT2D eigenvalue weighted by Gasteiger charge is 2.22. The average Bonchev–Trinajstić information content (AvgIpc) is 2.27. The third-order valence-electron chi connectivity index (χ3n) is 3.52. The lowest BCUT2D eigenvalue weighted by Crippen LogP contribution is -2.36. The zero-order valence-corrected chi connectivity index (χ0v) is 11.0. The van der Waals surface area contributed by atoms with Crippen molar-refractivity contribution in [2.24, 2.45) is 11.7 Å². The fourth-order valence-electron chi connectivity index (χ4n) is 2.33. The largest absolute Gasteiger partial charge is 0.327 e. The van der Waals surface area contributed by atoms with E-state index in [1.54, 1.807) is 0 Å². The van der Waals surface area contributed by atoms with Gasteiger partial charge in [-0.2, -0.15) is 11.8 Å². The highest BCUT2D eigenvalue weighted by molar-refractivity contribution is 7.99. The maximum absolute atomic E-state index is 6.20. The first kappa shape index (κ1) is 12.0. The van der Waals surface area contributed by atoms with Crippen molar-refractivity contribution in [2.45, 2.75) is 32.7 Å². The van der Waals surface area contributed by atoms with Crippen molar-refractivity contribution in [1.29, 1.82) is 0 Å². The monoisotopic (exact) mass is 235 g/mol. The Balaban J connectivity index is 2.10. The van der Waals surface area contributed by atoms with E-state index in [2.05, 4.69) is 43.8 Å². The van der Waals surface area contributed by atoms with Crippen LogP contribution in [0.25, 0.3) is 0 Å². The van der Waals surface area contributed by atoms with Gasteiger partial charge in [-0.25, -0.2) is 0 Å². The molecule has 1 aromatic carbocycles. The van der Waals surface area contributed by atoms with E-state index >= 15 is 0 Å². The van der Waals surface area contributed by atoms with E-state index in [0.29, 0.717) is 12.0 Å². The third-order valence-corrected chi connectivity index (χ3v) is 4.71. The molecule has 1 nitrogen and oxygen atoms in total. The van der Waals surface area contributed by atoms with Gasteiger partial charge in [-0.3, -0.25) is 0 Å². The molecule has 2 atom stereocenters. The van der Waals surface area contributed by atoms with E-state index in [9.17, 15) is 0 Å². The van der Waals surface area contributed by atoms with Gasteiger partial charge in [0.15, 0.2) is 0 Å². The molecule has 1 heterocycles. The van der Waals surface area contributed by atoms with Crippen LogP contribution in [0.4, 0.5) is 0 Å². The number of hydrogen-bond acceptors (Lipinski definition) is 2. The molecule has 1 aliphatic rings. The quantitative estimate of drug-likeness (QED) is 0.853. The summed E-state index contributed by atoms with van der Waals surface area (Å²) in [6.45, 7) is 4.37. The van der Waals surface area contributed by atoms with E-state index in [0.717, 1.165) is 6.42 Å². The summed E-state index contributed by atoms with van der Waals surface area (Å²) in [6.07, 6.45) is 2.34. The summed E-state index contributed by atoms with van der Waals surface area (Å²) in [4.78, 5) is 0. The van der Waals surface area contributed by atoms with Crippen LogP contribution in [-0.4, -0.2) is 17.5 Å². The molecule has 2 N–H and O–H groups in total. The first-order valence-electron chi connectivity index (χ1n) is 6.06. The fourth-order valence-corrected chi connectivity index (χ4v) is 3.60. The predicted molar refractivity (Wildman–Crippen MR) is 73.0 cm³/mol. The smallest absolute Gasteiger partial charge is 0.00860 e. The Hall–Kier alpha value is -0.470. The van der Waals surface area contributed by atoms with Crippen LogP contribution in [0.3, 0.4) is 0 Å². The zero-order valence-electron chi connectivity index (χ0n) is 10.2. The van der Waals surface area contributed by atoms with Gasteiger partial charge < -0.3 is 5.73 Å². The summed E-state index contributed by atoms with van der Waals surface area (Å²) in [7, 11) is 0. The van der Waals surface area contributed by atoms with Gasteiger partial charge >= 0.3 is 0 Å². The summed E-state index contributed by atoms with van der Waals surface area (Å²) in [6, 6.07) is 7.14. The molecular formula is C14H21NS. The second-order valence-corrected chi connectivity index (χ2v) is 6.07. The summed E-state index contributed by atoms with van der Waals surface area (Å²) in [5, 5.41) is 0. The van der Waals surface area contributed by atoms with Crippen LogP contribution < -0.4 is 5.73 Å². The molecule has 2 heteroatoms. The Morgan fingerprint density at radius 1 is 1.38 bits per heavy atom. The molecule has 16 heavy (non-hydrogen) atoms. The minimum Gasteiger partial charge on any atom is -0.327 e. The van der Waals surface area contributed by atoms with Crippen molar-refractivity contribution in [2.75, 3.05) is 11.5 Å². The van der Waals surface area contributed by atoms with Crippen molar-refractivity contribution in [3.8, 4) is 0 Å². The van der Waals surface area contributed by atoms with Crippen molar-refractivity contribution < 1.29 is 0 Å². The van der Waals surface area contributed by atoms with Gasteiger partial charge in [0.05, 0.1) is 0 Å². The molecule has 1 fully saturated rings. The molecule has 0 amide bonds. The lowest BCUT2D eigenvalue weighted by Gasteiger charge is -2.28. The number of hydrogen-bond donors (Lipinski definition) is 1. The van der Waals surface area contributed by atoms with Gasteiger partial charge in [0.2, 0.25) is 0 Å². The first-order chi connectivity index (χ1) is 7.66. The topological polar surface area (TPSA) is 26.0 Å². The molecule has 0 aliphatic carbocycles. The van der Waals surface area contributed by atoms with Crippen LogP contribution in [0.15, 0.2) is 18.2 Å². The molecular weight excluding hydrogens is 214 g/mol. The van der Waals surface area contributed by atoms with Crippen molar-refractivity contribution in [3.05, 3.63) is 34.9 Å². The molecule has 2 rings (SSSR count). The van der Waals surface area contributed by atoms with Crippen LogP contribution in [0.5, 0.6) is 0 Å². The Morgan fingerprint density at radius 3 is 2.94 bits per heavy atom. The lowest BCUT2D eigenvalue weighted by atomic mass is 9.90. The number of benzene rings is 1. The SMILES string of the molecule is Cc1ccc(C)c(CC2CSCCC2N)c1. The van der Waals surface area contributed by atoms with Crippen molar-refractivity contribution in [3.63, 3.8) is 0 Å². The van der Waals surface area contributed by atoms with E-state index in [4.69, 9.17) is 5.73 Å². The highest BCUT2D eigenvalue weighted by Crippen LogP contribution is 2.26. The fraction of sp³-hybridized carbons (Fsp3) is 0.571. The summed E-state index contributed by atoms with van der Waals surface area (Å²) in [5.41, 5.74) is 10.5. The minimum atomic E-state index is 0.404. The van der Waals surface area contributed by atoms with Gasteiger partial charge in [0, 0.05) is 6.04 Å². The lowest BCUT2D eigenvalue weighted by molar-refractivity contribution is 0.440. The molecule has 1 aliphatic heterocycles. The standard InChI is InChI=1S/C14H21NS/c1-10-3-4-11(2)12(7-10)8-13-9-16-6-5-14(13)15/h3-4,7,13-14H,5-6,8-9,15H2,1-2H3. The molecule has 0 aromatic heterocycles. The normalized spacial score (nSPS) is 25.7. The Kier molecular flexibility index (Phi) is 3.93. The summed E-state index contributed by atoms with van der Waals surface area (Å²) >= 11 is 2.06. The van der Waals surface area contributed by atoms with Crippen LogP contribution in [0.2, 0.25) is 0 Å². The van der Waals surface area contributed by atoms with E-state index in [1.807, 2.05) is 0 Å². The molecule has 0 bridgehead atoms. The van der Waals surface area contributed by atoms with Gasteiger partial charge in [0.25, 0.3) is 0 Å². The van der Waals surface area contributed by atoms with Gasteiger partial charge in [-0.1, -0.05) is 23.8 Å². The van der Waals surface area contributed by atoms with Crippen LogP contribution in [0.1, 0.15) is 23.1 Å². The van der Waals surface area contributed by atoms with E-state index in [1.165, 1.54) is 34.6 Å². The minimum absolute atomic E-state index is 0.404. The van der Waals surface area contributed by atoms with E-state index < -0.39 is 0 Å². The Morgan fingerprint density at radius 2 is 2.19 bits per heavy atom. The molecule has 88 valence electrons. The number of rotatable bonds is 2. The third kappa shape index (κ3) is 2.80. The summed E-state index contributed by atoms with van der Waals surface area (Å²) < 4.78 is 0. The molecule has 0 spiro atoms.